The molecule has 3 heteroatoms. The molecule has 1 heterocycles. The van der Waals surface area contributed by atoms with Crippen LogP contribution in [-0.4, -0.2) is 31.1 Å². The van der Waals surface area contributed by atoms with E-state index in [1.165, 1.54) is 37.6 Å². The SMILES string of the molecule is Cc1cc(F)ccc1CNCCN1CCC(C)CC1. The zero-order valence-corrected chi connectivity index (χ0v) is 12.1. The van der Waals surface area contributed by atoms with Crippen molar-refractivity contribution in [1.82, 2.24) is 10.2 Å². The van der Waals surface area contributed by atoms with Gasteiger partial charge in [0.2, 0.25) is 0 Å². The lowest BCUT2D eigenvalue weighted by Crippen LogP contribution is -2.37. The Hall–Kier alpha value is -0.930. The molecular formula is C16H25FN2. The van der Waals surface area contributed by atoms with Gasteiger partial charge in [-0.3, -0.25) is 0 Å². The van der Waals surface area contributed by atoms with E-state index in [-0.39, 0.29) is 5.82 Å². The van der Waals surface area contributed by atoms with Gasteiger partial charge in [-0.15, -0.1) is 0 Å². The van der Waals surface area contributed by atoms with E-state index < -0.39 is 0 Å². The van der Waals surface area contributed by atoms with Gasteiger partial charge in [0.05, 0.1) is 0 Å². The molecule has 0 bridgehead atoms. The number of piperidine rings is 1. The normalized spacial score (nSPS) is 17.8. The molecule has 0 amide bonds. The van der Waals surface area contributed by atoms with Gasteiger partial charge in [0.1, 0.15) is 5.82 Å². The number of hydrogen-bond donors (Lipinski definition) is 1. The van der Waals surface area contributed by atoms with E-state index in [9.17, 15) is 4.39 Å². The number of benzene rings is 1. The monoisotopic (exact) mass is 264 g/mol. The second kappa shape index (κ2) is 7.01. The van der Waals surface area contributed by atoms with Gasteiger partial charge in [0, 0.05) is 19.6 Å². The molecule has 1 aliphatic heterocycles. The molecule has 0 spiro atoms. The highest BCUT2D eigenvalue weighted by Crippen LogP contribution is 2.15. The van der Waals surface area contributed by atoms with Gasteiger partial charge in [0.25, 0.3) is 0 Å². The Labute approximate surface area is 116 Å². The number of nitrogens with one attached hydrogen (secondary N) is 1. The minimum Gasteiger partial charge on any atom is -0.311 e. The summed E-state index contributed by atoms with van der Waals surface area (Å²) in [5.74, 6) is 0.745. The second-order valence-electron chi connectivity index (χ2n) is 5.77. The first-order valence-electron chi connectivity index (χ1n) is 7.33. The van der Waals surface area contributed by atoms with E-state index in [4.69, 9.17) is 0 Å². The summed E-state index contributed by atoms with van der Waals surface area (Å²) in [7, 11) is 0. The van der Waals surface area contributed by atoms with Crippen LogP contribution >= 0.6 is 0 Å². The number of likely N-dealkylation sites (tertiary alicyclic amines) is 1. The minimum absolute atomic E-state index is 0.149. The van der Waals surface area contributed by atoms with Crippen molar-refractivity contribution in [2.75, 3.05) is 26.2 Å². The van der Waals surface area contributed by atoms with Crippen molar-refractivity contribution in [3.05, 3.63) is 35.1 Å². The number of nitrogens with zero attached hydrogens (tertiary/aromatic N) is 1. The lowest BCUT2D eigenvalue weighted by molar-refractivity contribution is 0.193. The largest absolute Gasteiger partial charge is 0.311 e. The fourth-order valence-corrected chi connectivity index (χ4v) is 2.60. The van der Waals surface area contributed by atoms with Crippen LogP contribution in [0.5, 0.6) is 0 Å². The molecule has 1 aliphatic rings. The zero-order valence-electron chi connectivity index (χ0n) is 12.1. The van der Waals surface area contributed by atoms with Gasteiger partial charge in [-0.1, -0.05) is 13.0 Å². The van der Waals surface area contributed by atoms with Gasteiger partial charge in [0.15, 0.2) is 0 Å². The average molecular weight is 264 g/mol. The summed E-state index contributed by atoms with van der Waals surface area (Å²) < 4.78 is 13.0. The third kappa shape index (κ3) is 4.59. The second-order valence-corrected chi connectivity index (χ2v) is 5.77. The third-order valence-electron chi connectivity index (χ3n) is 4.10. The van der Waals surface area contributed by atoms with Crippen molar-refractivity contribution in [1.29, 1.82) is 0 Å². The summed E-state index contributed by atoms with van der Waals surface area (Å²) in [5.41, 5.74) is 2.22. The molecule has 2 rings (SSSR count). The molecule has 1 N–H and O–H groups in total. The molecule has 1 saturated heterocycles. The highest BCUT2D eigenvalue weighted by molar-refractivity contribution is 5.26. The van der Waals surface area contributed by atoms with Crippen molar-refractivity contribution in [2.45, 2.75) is 33.2 Å². The Morgan fingerprint density at radius 1 is 1.32 bits per heavy atom. The number of hydrogen-bond acceptors (Lipinski definition) is 2. The first-order valence-corrected chi connectivity index (χ1v) is 7.33. The molecule has 0 saturated carbocycles. The topological polar surface area (TPSA) is 15.3 Å². The van der Waals surface area contributed by atoms with Crippen LogP contribution in [0.1, 0.15) is 30.9 Å². The van der Waals surface area contributed by atoms with Gasteiger partial charge < -0.3 is 10.2 Å². The quantitative estimate of drug-likeness (QED) is 0.823. The maximum atomic E-state index is 13.0. The average Bonchev–Trinajstić information content (AvgIpc) is 2.39. The van der Waals surface area contributed by atoms with Crippen LogP contribution in [0.25, 0.3) is 0 Å². The number of halogens is 1. The van der Waals surface area contributed by atoms with E-state index >= 15 is 0 Å². The molecule has 0 aliphatic carbocycles. The lowest BCUT2D eigenvalue weighted by atomic mass is 9.99. The van der Waals surface area contributed by atoms with Gasteiger partial charge in [-0.05, 0) is 62.0 Å². The van der Waals surface area contributed by atoms with Gasteiger partial charge in [-0.25, -0.2) is 4.39 Å². The lowest BCUT2D eigenvalue weighted by Gasteiger charge is -2.30. The summed E-state index contributed by atoms with van der Waals surface area (Å²) >= 11 is 0. The zero-order chi connectivity index (χ0) is 13.7. The van der Waals surface area contributed by atoms with Crippen LogP contribution in [0.4, 0.5) is 4.39 Å². The summed E-state index contributed by atoms with van der Waals surface area (Å²) in [4.78, 5) is 2.53. The molecule has 2 nitrogen and oxygen atoms in total. The molecule has 1 aromatic rings. The molecule has 1 aromatic carbocycles. The van der Waals surface area contributed by atoms with Gasteiger partial charge >= 0.3 is 0 Å². The summed E-state index contributed by atoms with van der Waals surface area (Å²) in [6.45, 7) is 9.73. The summed E-state index contributed by atoms with van der Waals surface area (Å²) in [5, 5.41) is 3.46. The fourth-order valence-electron chi connectivity index (χ4n) is 2.60. The Balaban J connectivity index is 1.66. The molecule has 0 unspecified atom stereocenters. The highest BCUT2D eigenvalue weighted by Gasteiger charge is 2.14. The Bertz CT molecular complexity index is 398. The van der Waals surface area contributed by atoms with Crippen molar-refractivity contribution < 1.29 is 4.39 Å². The van der Waals surface area contributed by atoms with Crippen molar-refractivity contribution in [3.63, 3.8) is 0 Å². The Morgan fingerprint density at radius 3 is 2.74 bits per heavy atom. The Morgan fingerprint density at radius 2 is 2.05 bits per heavy atom. The van der Waals surface area contributed by atoms with Crippen molar-refractivity contribution in [2.24, 2.45) is 5.92 Å². The molecular weight excluding hydrogens is 239 g/mol. The predicted molar refractivity (Wildman–Crippen MR) is 77.7 cm³/mol. The standard InChI is InChI=1S/C16H25FN2/c1-13-5-8-19(9-6-13)10-7-18-12-15-3-4-16(17)11-14(15)2/h3-4,11,13,18H,5-10,12H2,1-2H3. The maximum absolute atomic E-state index is 13.0. The van der Waals surface area contributed by atoms with Crippen LogP contribution in [0.2, 0.25) is 0 Å². The summed E-state index contributed by atoms with van der Waals surface area (Å²) in [6, 6.07) is 5.01. The number of aryl methyl sites for hydroxylation is 1. The highest BCUT2D eigenvalue weighted by atomic mass is 19.1. The molecule has 1 fully saturated rings. The molecule has 0 radical (unpaired) electrons. The maximum Gasteiger partial charge on any atom is 0.123 e. The van der Waals surface area contributed by atoms with Crippen LogP contribution in [0.3, 0.4) is 0 Å². The van der Waals surface area contributed by atoms with Crippen molar-refractivity contribution >= 4 is 0 Å². The summed E-state index contributed by atoms with van der Waals surface area (Å²) in [6.07, 6.45) is 2.66. The van der Waals surface area contributed by atoms with E-state index in [0.717, 1.165) is 31.1 Å². The van der Waals surface area contributed by atoms with Crippen LogP contribution in [0.15, 0.2) is 18.2 Å². The molecule has 19 heavy (non-hydrogen) atoms. The van der Waals surface area contributed by atoms with E-state index in [0.29, 0.717) is 0 Å². The molecule has 0 aromatic heterocycles. The third-order valence-corrected chi connectivity index (χ3v) is 4.10. The first-order chi connectivity index (χ1) is 9.15. The van der Waals surface area contributed by atoms with E-state index in [1.54, 1.807) is 6.07 Å². The Kier molecular flexibility index (Phi) is 5.34. The number of rotatable bonds is 5. The first kappa shape index (κ1) is 14.5. The molecule has 0 atom stereocenters. The van der Waals surface area contributed by atoms with Crippen LogP contribution < -0.4 is 5.32 Å². The predicted octanol–water partition coefficient (Wildman–Crippen LogP) is 2.96. The minimum atomic E-state index is -0.149. The van der Waals surface area contributed by atoms with Crippen LogP contribution in [0, 0.1) is 18.7 Å². The van der Waals surface area contributed by atoms with Crippen LogP contribution in [-0.2, 0) is 6.54 Å². The molecule has 106 valence electrons. The van der Waals surface area contributed by atoms with E-state index in [2.05, 4.69) is 17.1 Å². The smallest absolute Gasteiger partial charge is 0.123 e. The van der Waals surface area contributed by atoms with E-state index in [1.807, 2.05) is 13.0 Å². The van der Waals surface area contributed by atoms with Crippen molar-refractivity contribution in [3.8, 4) is 0 Å². The van der Waals surface area contributed by atoms with Gasteiger partial charge in [-0.2, -0.15) is 0 Å². The fraction of sp³-hybridized carbons (Fsp3) is 0.625.